The number of aliphatic hydroxyl groups is 2. The maximum absolute atomic E-state index is 10.3. The summed E-state index contributed by atoms with van der Waals surface area (Å²) in [5.74, 6) is 4.36. The zero-order valence-electron chi connectivity index (χ0n) is 9.00. The molecule has 0 saturated heterocycles. The summed E-state index contributed by atoms with van der Waals surface area (Å²) in [6, 6.07) is 0. The van der Waals surface area contributed by atoms with Gasteiger partial charge in [0.1, 0.15) is 0 Å². The lowest BCUT2D eigenvalue weighted by Gasteiger charge is -2.48. The van der Waals surface area contributed by atoms with Crippen LogP contribution < -0.4 is 0 Å². The molecule has 2 N–H and O–H groups in total. The van der Waals surface area contributed by atoms with Crippen molar-refractivity contribution in [1.29, 1.82) is 0 Å². The Bertz CT molecular complexity index is 358. The normalized spacial score (nSPS) is 81.4. The molecule has 0 aromatic rings. The average Bonchev–Trinajstić information content (AvgIpc) is 2.85. The van der Waals surface area contributed by atoms with Gasteiger partial charge < -0.3 is 10.2 Å². The summed E-state index contributed by atoms with van der Waals surface area (Å²) in [6.45, 7) is 2.42. The maximum atomic E-state index is 10.3. The van der Waals surface area contributed by atoms with Crippen LogP contribution in [0.5, 0.6) is 0 Å². The van der Waals surface area contributed by atoms with Crippen molar-refractivity contribution in [3.8, 4) is 0 Å². The van der Waals surface area contributed by atoms with Crippen LogP contribution in [0.3, 0.4) is 0 Å². The summed E-state index contributed by atoms with van der Waals surface area (Å²) in [5.41, 5.74) is 0.410. The van der Waals surface area contributed by atoms with Crippen molar-refractivity contribution in [1.82, 2.24) is 0 Å². The standard InChI is InChI=1S/C13H18O2/c1-13-4-2-3-5(13)7-6(4)8-10(13)12(15)9(7)11(8)14/h4-12,14-15H,2-3H2,1H3/t4-,5+,6-,7+,8+,9+,10-,11+,12-,13+/m1/s1. The van der Waals surface area contributed by atoms with E-state index in [-0.39, 0.29) is 18.1 Å². The topological polar surface area (TPSA) is 40.5 Å². The van der Waals surface area contributed by atoms with Gasteiger partial charge in [0.15, 0.2) is 0 Å². The fourth-order valence-corrected chi connectivity index (χ4v) is 7.39. The average molecular weight is 206 g/mol. The second-order valence-corrected chi connectivity index (χ2v) is 6.97. The highest BCUT2D eigenvalue weighted by atomic mass is 16.3. The smallest absolute Gasteiger partial charge is 0.0633 e. The third-order valence-electron chi connectivity index (χ3n) is 7.33. The van der Waals surface area contributed by atoms with Gasteiger partial charge in [-0.05, 0) is 53.8 Å². The van der Waals surface area contributed by atoms with E-state index >= 15 is 0 Å². The maximum Gasteiger partial charge on any atom is 0.0633 e. The molecule has 2 heteroatoms. The lowest BCUT2D eigenvalue weighted by Crippen LogP contribution is -2.49. The van der Waals surface area contributed by atoms with Crippen LogP contribution in [-0.4, -0.2) is 22.4 Å². The molecule has 0 amide bonds. The molecule has 82 valence electrons. The van der Waals surface area contributed by atoms with Gasteiger partial charge in [-0.1, -0.05) is 6.92 Å². The summed E-state index contributed by atoms with van der Waals surface area (Å²) in [5, 5.41) is 20.6. The van der Waals surface area contributed by atoms with Crippen molar-refractivity contribution in [2.75, 3.05) is 0 Å². The van der Waals surface area contributed by atoms with E-state index in [2.05, 4.69) is 6.92 Å². The fourth-order valence-electron chi connectivity index (χ4n) is 7.39. The number of aliphatic hydroxyl groups excluding tert-OH is 2. The van der Waals surface area contributed by atoms with E-state index in [0.717, 1.165) is 17.8 Å². The van der Waals surface area contributed by atoms with Crippen molar-refractivity contribution in [2.24, 2.45) is 46.8 Å². The van der Waals surface area contributed by atoms with Gasteiger partial charge in [0, 0.05) is 5.92 Å². The van der Waals surface area contributed by atoms with E-state index in [9.17, 15) is 10.2 Å². The molecule has 0 heterocycles. The van der Waals surface area contributed by atoms with Crippen molar-refractivity contribution >= 4 is 0 Å². The molecule has 0 spiro atoms. The Morgan fingerprint density at radius 2 is 1.47 bits per heavy atom. The van der Waals surface area contributed by atoms with Crippen LogP contribution in [0, 0.1) is 46.8 Å². The molecule has 15 heavy (non-hydrogen) atoms. The minimum atomic E-state index is -0.171. The van der Waals surface area contributed by atoms with Gasteiger partial charge in [-0.2, -0.15) is 0 Å². The first-order chi connectivity index (χ1) is 7.17. The molecule has 5 rings (SSSR count). The van der Waals surface area contributed by atoms with Crippen molar-refractivity contribution in [3.05, 3.63) is 0 Å². The summed E-state index contributed by atoms with van der Waals surface area (Å²) in [4.78, 5) is 0. The Morgan fingerprint density at radius 3 is 2.13 bits per heavy atom. The van der Waals surface area contributed by atoms with Gasteiger partial charge in [0.2, 0.25) is 0 Å². The first-order valence-electron chi connectivity index (χ1n) is 6.53. The van der Waals surface area contributed by atoms with Crippen LogP contribution in [0.15, 0.2) is 0 Å². The Balaban J connectivity index is 1.82. The molecule has 0 aliphatic heterocycles. The molecule has 0 unspecified atom stereocenters. The highest BCUT2D eigenvalue weighted by molar-refractivity contribution is 5.32. The minimum Gasteiger partial charge on any atom is -0.392 e. The van der Waals surface area contributed by atoms with Crippen LogP contribution in [0.4, 0.5) is 0 Å². The lowest BCUT2D eigenvalue weighted by molar-refractivity contribution is -0.0886. The van der Waals surface area contributed by atoms with Crippen molar-refractivity contribution < 1.29 is 10.2 Å². The fraction of sp³-hybridized carbons (Fsp3) is 1.00. The van der Waals surface area contributed by atoms with Gasteiger partial charge in [-0.25, -0.2) is 0 Å². The monoisotopic (exact) mass is 206 g/mol. The highest BCUT2D eigenvalue weighted by Crippen LogP contribution is 2.85. The number of fused-ring (bicyclic) bond motifs is 3. The SMILES string of the molecule is C[C@@]12[C@H]3[C@H](O)[C@@H]4[C@@H](O)[C@H]3[C@H]3[C@@H]4[C@@H]1CC[C@H]32. The Kier molecular flexibility index (Phi) is 1.03. The van der Waals surface area contributed by atoms with Crippen LogP contribution in [0.2, 0.25) is 0 Å². The summed E-state index contributed by atoms with van der Waals surface area (Å²) in [6.07, 6.45) is 2.42. The number of hydrogen-bond donors (Lipinski definition) is 2. The molecule has 0 radical (unpaired) electrons. The van der Waals surface area contributed by atoms with Gasteiger partial charge in [-0.15, -0.1) is 0 Å². The number of hydrogen-bond acceptors (Lipinski definition) is 2. The molecule has 2 nitrogen and oxygen atoms in total. The molecule has 5 saturated carbocycles. The van der Waals surface area contributed by atoms with Gasteiger partial charge in [0.05, 0.1) is 12.2 Å². The van der Waals surface area contributed by atoms with Crippen LogP contribution in [-0.2, 0) is 0 Å². The third kappa shape index (κ3) is 0.500. The van der Waals surface area contributed by atoms with E-state index in [0.29, 0.717) is 23.2 Å². The summed E-state index contributed by atoms with van der Waals surface area (Å²) in [7, 11) is 0. The predicted molar refractivity (Wildman–Crippen MR) is 53.8 cm³/mol. The van der Waals surface area contributed by atoms with Gasteiger partial charge >= 0.3 is 0 Å². The molecule has 5 aliphatic carbocycles. The van der Waals surface area contributed by atoms with E-state index in [1.165, 1.54) is 12.8 Å². The molecule has 10 atom stereocenters. The Labute approximate surface area is 89.7 Å². The van der Waals surface area contributed by atoms with Gasteiger partial charge in [-0.3, -0.25) is 0 Å². The first-order valence-corrected chi connectivity index (χ1v) is 6.53. The van der Waals surface area contributed by atoms with E-state index in [4.69, 9.17) is 0 Å². The Morgan fingerprint density at radius 1 is 0.867 bits per heavy atom. The van der Waals surface area contributed by atoms with Crippen LogP contribution >= 0.6 is 0 Å². The minimum absolute atomic E-state index is 0.160. The van der Waals surface area contributed by atoms with E-state index < -0.39 is 0 Å². The predicted octanol–water partition coefficient (Wildman–Crippen LogP) is 0.876. The van der Waals surface area contributed by atoms with Crippen molar-refractivity contribution in [3.63, 3.8) is 0 Å². The van der Waals surface area contributed by atoms with E-state index in [1.54, 1.807) is 0 Å². The summed E-state index contributed by atoms with van der Waals surface area (Å²) >= 11 is 0. The zero-order valence-corrected chi connectivity index (χ0v) is 9.00. The molecule has 5 aliphatic rings. The largest absolute Gasteiger partial charge is 0.392 e. The molecular formula is C13H18O2. The Hall–Kier alpha value is -0.0800. The van der Waals surface area contributed by atoms with Gasteiger partial charge in [0.25, 0.3) is 0 Å². The highest BCUT2D eigenvalue weighted by Gasteiger charge is 2.84. The van der Waals surface area contributed by atoms with Crippen LogP contribution in [0.25, 0.3) is 0 Å². The van der Waals surface area contributed by atoms with E-state index in [1.807, 2.05) is 0 Å². The molecular weight excluding hydrogens is 188 g/mol. The molecule has 0 aromatic heterocycles. The molecule has 6 bridgehead atoms. The summed E-state index contributed by atoms with van der Waals surface area (Å²) < 4.78 is 0. The van der Waals surface area contributed by atoms with Crippen molar-refractivity contribution in [2.45, 2.75) is 32.0 Å². The zero-order chi connectivity index (χ0) is 10.1. The second kappa shape index (κ2) is 1.91. The first kappa shape index (κ1) is 8.08. The third-order valence-corrected chi connectivity index (χ3v) is 7.33. The molecule has 0 aromatic carbocycles. The lowest BCUT2D eigenvalue weighted by atomic mass is 9.57. The quantitative estimate of drug-likeness (QED) is 0.617. The molecule has 5 fully saturated rings. The number of rotatable bonds is 0. The second-order valence-electron chi connectivity index (χ2n) is 6.97. The van der Waals surface area contributed by atoms with Crippen LogP contribution in [0.1, 0.15) is 19.8 Å².